The van der Waals surface area contributed by atoms with Crippen molar-refractivity contribution in [3.63, 3.8) is 0 Å². The monoisotopic (exact) mass is 206 g/mol. The summed E-state index contributed by atoms with van der Waals surface area (Å²) in [5.74, 6) is 0.545. The van der Waals surface area contributed by atoms with Crippen LogP contribution in [0.25, 0.3) is 10.4 Å². The molecule has 0 atom stereocenters. The smallest absolute Gasteiger partial charge is 0.173 e. The van der Waals surface area contributed by atoms with Crippen LogP contribution in [0.15, 0.2) is 34.5 Å². The Hall–Kier alpha value is -2.20. The van der Waals surface area contributed by atoms with Crippen LogP contribution in [0.2, 0.25) is 0 Å². The second-order valence-electron chi connectivity index (χ2n) is 2.57. The topological polar surface area (TPSA) is 90.6 Å². The van der Waals surface area contributed by atoms with Crippen molar-refractivity contribution < 1.29 is 9.94 Å². The number of azide groups is 1. The third-order valence-corrected chi connectivity index (χ3v) is 1.64. The second kappa shape index (κ2) is 5.51. The van der Waals surface area contributed by atoms with E-state index in [1.807, 2.05) is 6.92 Å². The zero-order valence-corrected chi connectivity index (χ0v) is 8.16. The molecule has 1 aromatic rings. The fourth-order valence-electron chi connectivity index (χ4n) is 1.07. The molecule has 6 nitrogen and oxygen atoms in total. The van der Waals surface area contributed by atoms with Crippen LogP contribution in [0, 0.1) is 0 Å². The van der Waals surface area contributed by atoms with Crippen LogP contribution in [-0.2, 0) is 0 Å². The Balaban J connectivity index is 3.03. The van der Waals surface area contributed by atoms with Crippen LogP contribution in [0.5, 0.6) is 5.75 Å². The first kappa shape index (κ1) is 10.9. The van der Waals surface area contributed by atoms with E-state index in [2.05, 4.69) is 15.2 Å². The largest absolute Gasteiger partial charge is 0.494 e. The average Bonchev–Trinajstić information content (AvgIpc) is 2.27. The van der Waals surface area contributed by atoms with Gasteiger partial charge in [-0.2, -0.15) is 0 Å². The minimum absolute atomic E-state index is 0.0842. The van der Waals surface area contributed by atoms with Gasteiger partial charge in [0.1, 0.15) is 5.75 Å². The van der Waals surface area contributed by atoms with Gasteiger partial charge in [0.2, 0.25) is 0 Å². The molecule has 0 amide bonds. The number of amidine groups is 1. The van der Waals surface area contributed by atoms with Gasteiger partial charge in [-0.3, -0.25) is 0 Å². The summed E-state index contributed by atoms with van der Waals surface area (Å²) in [6, 6.07) is 6.77. The molecule has 0 saturated carbocycles. The fraction of sp³-hybridized carbons (Fsp3) is 0.222. The third-order valence-electron chi connectivity index (χ3n) is 1.64. The van der Waals surface area contributed by atoms with E-state index in [1.165, 1.54) is 0 Å². The van der Waals surface area contributed by atoms with Gasteiger partial charge in [-0.05, 0) is 29.7 Å². The van der Waals surface area contributed by atoms with Gasteiger partial charge in [0.25, 0.3) is 0 Å². The molecule has 0 spiro atoms. The summed E-state index contributed by atoms with van der Waals surface area (Å²) in [5, 5.41) is 14.7. The van der Waals surface area contributed by atoms with E-state index in [0.29, 0.717) is 17.9 Å². The van der Waals surface area contributed by atoms with E-state index in [0.717, 1.165) is 0 Å². The van der Waals surface area contributed by atoms with Crippen molar-refractivity contribution in [3.05, 3.63) is 40.3 Å². The normalized spacial score (nSPS) is 10.6. The van der Waals surface area contributed by atoms with Crippen LogP contribution in [0.1, 0.15) is 12.5 Å². The first-order valence-corrected chi connectivity index (χ1v) is 4.32. The summed E-state index contributed by atoms with van der Waals surface area (Å²) in [6.45, 7) is 2.40. The maximum Gasteiger partial charge on any atom is 0.173 e. The van der Waals surface area contributed by atoms with Crippen LogP contribution >= 0.6 is 0 Å². The molecule has 0 aliphatic heterocycles. The molecule has 0 saturated heterocycles. The van der Waals surface area contributed by atoms with Crippen molar-refractivity contribution in [1.82, 2.24) is 0 Å². The maximum absolute atomic E-state index is 8.61. The number of ether oxygens (including phenoxy) is 1. The van der Waals surface area contributed by atoms with Gasteiger partial charge in [-0.25, -0.2) is 0 Å². The molecule has 0 aromatic heterocycles. The molecule has 15 heavy (non-hydrogen) atoms. The van der Waals surface area contributed by atoms with Gasteiger partial charge < -0.3 is 9.94 Å². The lowest BCUT2D eigenvalue weighted by Crippen LogP contribution is -1.97. The molecule has 0 aliphatic carbocycles. The predicted octanol–water partition coefficient (Wildman–Crippen LogP) is 2.53. The summed E-state index contributed by atoms with van der Waals surface area (Å²) in [7, 11) is 0. The Morgan fingerprint density at radius 3 is 3.00 bits per heavy atom. The molecule has 0 unspecified atom stereocenters. The van der Waals surface area contributed by atoms with Crippen molar-refractivity contribution in [1.29, 1.82) is 0 Å². The van der Waals surface area contributed by atoms with Gasteiger partial charge >= 0.3 is 0 Å². The Bertz CT molecular complexity index is 410. The highest BCUT2D eigenvalue weighted by Crippen LogP contribution is 2.14. The lowest BCUT2D eigenvalue weighted by molar-refractivity contribution is 0.318. The van der Waals surface area contributed by atoms with Crippen molar-refractivity contribution in [2.75, 3.05) is 6.61 Å². The highest BCUT2D eigenvalue weighted by atomic mass is 16.5. The molecule has 1 rings (SSSR count). The number of nitrogens with zero attached hydrogens (tertiary/aromatic N) is 4. The number of hydrogen-bond donors (Lipinski definition) is 1. The maximum atomic E-state index is 8.61. The standard InChI is InChI=1S/C9H10N4O2/c1-2-15-8-5-3-4-7(6-8)9(12-14)11-13-10/h3-6,14H,2H2,1H3/b12-9-. The lowest BCUT2D eigenvalue weighted by Gasteiger charge is -2.04. The lowest BCUT2D eigenvalue weighted by atomic mass is 10.2. The molecule has 6 heteroatoms. The Labute approximate surface area is 86.4 Å². The summed E-state index contributed by atoms with van der Waals surface area (Å²) >= 11 is 0. The van der Waals surface area contributed by atoms with Crippen molar-refractivity contribution >= 4 is 5.84 Å². The Kier molecular flexibility index (Phi) is 4.00. The van der Waals surface area contributed by atoms with E-state index in [4.69, 9.17) is 15.5 Å². The summed E-state index contributed by atoms with van der Waals surface area (Å²) in [5.41, 5.74) is 8.74. The molecule has 1 aromatic carbocycles. The summed E-state index contributed by atoms with van der Waals surface area (Å²) < 4.78 is 5.25. The Morgan fingerprint density at radius 1 is 1.60 bits per heavy atom. The highest BCUT2D eigenvalue weighted by molar-refractivity contribution is 5.99. The van der Waals surface area contributed by atoms with Crippen LogP contribution in [0.4, 0.5) is 0 Å². The minimum Gasteiger partial charge on any atom is -0.494 e. The van der Waals surface area contributed by atoms with E-state index >= 15 is 0 Å². The molecule has 0 bridgehead atoms. The van der Waals surface area contributed by atoms with Crippen molar-refractivity contribution in [3.8, 4) is 5.75 Å². The van der Waals surface area contributed by atoms with Crippen LogP contribution in [-0.4, -0.2) is 17.6 Å². The molecular formula is C9H10N4O2. The first-order valence-electron chi connectivity index (χ1n) is 4.32. The van der Waals surface area contributed by atoms with E-state index in [-0.39, 0.29) is 5.84 Å². The average molecular weight is 206 g/mol. The van der Waals surface area contributed by atoms with Gasteiger partial charge in [0.05, 0.1) is 6.61 Å². The quantitative estimate of drug-likeness (QED) is 0.156. The number of benzene rings is 1. The number of rotatable bonds is 3. The number of oxime groups is 1. The van der Waals surface area contributed by atoms with Gasteiger partial charge in [0.15, 0.2) is 5.84 Å². The molecule has 0 fully saturated rings. The summed E-state index contributed by atoms with van der Waals surface area (Å²) in [4.78, 5) is 2.55. The summed E-state index contributed by atoms with van der Waals surface area (Å²) in [6.07, 6.45) is 0. The van der Waals surface area contributed by atoms with Crippen molar-refractivity contribution in [2.24, 2.45) is 10.3 Å². The SMILES string of the molecule is CCOc1cccc(/C(N=[N+]=[N-])=N/O)c1. The molecule has 78 valence electrons. The van der Waals surface area contributed by atoms with Gasteiger partial charge in [0, 0.05) is 10.5 Å². The predicted molar refractivity (Wildman–Crippen MR) is 55.1 cm³/mol. The zero-order valence-electron chi connectivity index (χ0n) is 8.16. The minimum atomic E-state index is -0.0842. The van der Waals surface area contributed by atoms with E-state index < -0.39 is 0 Å². The first-order chi connectivity index (χ1) is 7.31. The van der Waals surface area contributed by atoms with Crippen molar-refractivity contribution in [2.45, 2.75) is 6.92 Å². The molecule has 0 aliphatic rings. The molecular weight excluding hydrogens is 196 g/mol. The van der Waals surface area contributed by atoms with Gasteiger partial charge in [-0.15, -0.1) is 0 Å². The number of hydrogen-bond acceptors (Lipinski definition) is 3. The molecule has 1 N–H and O–H groups in total. The molecule has 0 heterocycles. The third kappa shape index (κ3) is 2.89. The second-order valence-corrected chi connectivity index (χ2v) is 2.57. The van der Waals surface area contributed by atoms with E-state index in [1.54, 1.807) is 24.3 Å². The van der Waals surface area contributed by atoms with E-state index in [9.17, 15) is 0 Å². The molecule has 0 radical (unpaired) electrons. The zero-order chi connectivity index (χ0) is 11.1. The van der Waals surface area contributed by atoms with Crippen LogP contribution in [0.3, 0.4) is 0 Å². The highest BCUT2D eigenvalue weighted by Gasteiger charge is 2.02. The van der Waals surface area contributed by atoms with Crippen LogP contribution < -0.4 is 4.74 Å². The Morgan fingerprint density at radius 2 is 2.40 bits per heavy atom. The van der Waals surface area contributed by atoms with Gasteiger partial charge in [-0.1, -0.05) is 17.3 Å². The fourth-order valence-corrected chi connectivity index (χ4v) is 1.07.